The number of carbonyl (C=O) groups is 3. The molecule has 0 aliphatic carbocycles. The summed E-state index contributed by atoms with van der Waals surface area (Å²) in [6.45, 7) is 4.56. The fourth-order valence-corrected chi connectivity index (χ4v) is 4.18. The van der Waals surface area contributed by atoms with Crippen LogP contribution in [0.5, 0.6) is 11.5 Å². The molecule has 29 heavy (non-hydrogen) atoms. The van der Waals surface area contributed by atoms with Crippen LogP contribution in [0.3, 0.4) is 0 Å². The fraction of sp³-hybridized carbons (Fsp3) is 0.571. The van der Waals surface area contributed by atoms with E-state index in [4.69, 9.17) is 14.2 Å². The highest BCUT2D eigenvalue weighted by Crippen LogP contribution is 2.36. The van der Waals surface area contributed by atoms with E-state index in [2.05, 4.69) is 0 Å². The van der Waals surface area contributed by atoms with Crippen molar-refractivity contribution in [3.05, 3.63) is 18.2 Å². The molecule has 2 fully saturated rings. The van der Waals surface area contributed by atoms with Crippen LogP contribution in [-0.4, -0.2) is 62.1 Å². The van der Waals surface area contributed by atoms with Crippen LogP contribution in [0, 0.1) is 11.8 Å². The van der Waals surface area contributed by atoms with Gasteiger partial charge in [-0.25, -0.2) is 0 Å². The molecule has 0 bridgehead atoms. The Balaban J connectivity index is 1.37. The standard InChI is InChI=1S/C21H26N2O6/c1-2-27-21(26)14-5-7-22(8-6-14)20(25)15-11-19(24)23(13-15)16-3-4-17-18(12-16)29-10-9-28-17/h3-4,12,14-15H,2,5-11,13H2,1H3/t15-/m0/s1. The molecule has 0 saturated carbocycles. The van der Waals surface area contributed by atoms with Gasteiger partial charge in [-0.15, -0.1) is 0 Å². The number of amides is 2. The Morgan fingerprint density at radius 2 is 1.83 bits per heavy atom. The van der Waals surface area contributed by atoms with Gasteiger partial charge in [0.2, 0.25) is 11.8 Å². The summed E-state index contributed by atoms with van der Waals surface area (Å²) in [5, 5.41) is 0. The van der Waals surface area contributed by atoms with Crippen LogP contribution >= 0.6 is 0 Å². The molecule has 1 atom stereocenters. The first kappa shape index (κ1) is 19.5. The number of anilines is 1. The van der Waals surface area contributed by atoms with E-state index in [0.717, 1.165) is 5.69 Å². The lowest BCUT2D eigenvalue weighted by Crippen LogP contribution is -2.44. The van der Waals surface area contributed by atoms with Crippen molar-refractivity contribution in [3.63, 3.8) is 0 Å². The molecule has 3 aliphatic rings. The lowest BCUT2D eigenvalue weighted by molar-refractivity contribution is -0.151. The topological polar surface area (TPSA) is 85.4 Å². The maximum absolute atomic E-state index is 12.9. The molecule has 156 valence electrons. The largest absolute Gasteiger partial charge is 0.486 e. The third-order valence-electron chi connectivity index (χ3n) is 5.74. The molecule has 8 heteroatoms. The van der Waals surface area contributed by atoms with Gasteiger partial charge in [-0.1, -0.05) is 0 Å². The van der Waals surface area contributed by atoms with Gasteiger partial charge in [-0.05, 0) is 31.9 Å². The Kier molecular flexibility index (Phi) is 5.60. The van der Waals surface area contributed by atoms with Gasteiger partial charge in [0.1, 0.15) is 13.2 Å². The smallest absolute Gasteiger partial charge is 0.309 e. The summed E-state index contributed by atoms with van der Waals surface area (Å²) in [6, 6.07) is 5.42. The van der Waals surface area contributed by atoms with E-state index in [9.17, 15) is 14.4 Å². The molecule has 4 rings (SSSR count). The second kappa shape index (κ2) is 8.31. The molecule has 0 radical (unpaired) electrons. The molecule has 3 heterocycles. The summed E-state index contributed by atoms with van der Waals surface area (Å²) in [7, 11) is 0. The van der Waals surface area contributed by atoms with E-state index in [1.54, 1.807) is 28.9 Å². The Morgan fingerprint density at radius 3 is 2.55 bits per heavy atom. The summed E-state index contributed by atoms with van der Waals surface area (Å²) >= 11 is 0. The summed E-state index contributed by atoms with van der Waals surface area (Å²) < 4.78 is 16.2. The normalized spacial score (nSPS) is 22.0. The molecule has 0 aromatic heterocycles. The highest BCUT2D eigenvalue weighted by molar-refractivity contribution is 6.00. The number of benzene rings is 1. The van der Waals surface area contributed by atoms with Crippen LogP contribution < -0.4 is 14.4 Å². The summed E-state index contributed by atoms with van der Waals surface area (Å²) in [5.74, 6) is 0.525. The van der Waals surface area contributed by atoms with Crippen molar-refractivity contribution in [2.75, 3.05) is 44.4 Å². The molecule has 0 unspecified atom stereocenters. The molecule has 0 N–H and O–H groups in total. The third kappa shape index (κ3) is 4.02. The van der Waals surface area contributed by atoms with Gasteiger partial charge >= 0.3 is 5.97 Å². The van der Waals surface area contributed by atoms with E-state index in [1.807, 2.05) is 6.07 Å². The zero-order chi connectivity index (χ0) is 20.4. The number of likely N-dealkylation sites (tertiary alicyclic amines) is 1. The summed E-state index contributed by atoms with van der Waals surface area (Å²) in [6.07, 6.45) is 1.42. The average Bonchev–Trinajstić information content (AvgIpc) is 3.14. The zero-order valence-electron chi connectivity index (χ0n) is 16.6. The minimum atomic E-state index is -0.366. The van der Waals surface area contributed by atoms with Crippen molar-refractivity contribution in [2.45, 2.75) is 26.2 Å². The number of nitrogens with zero attached hydrogens (tertiary/aromatic N) is 2. The lowest BCUT2D eigenvalue weighted by Gasteiger charge is -2.32. The monoisotopic (exact) mass is 402 g/mol. The second-order valence-electron chi connectivity index (χ2n) is 7.58. The Morgan fingerprint density at radius 1 is 1.10 bits per heavy atom. The maximum atomic E-state index is 12.9. The average molecular weight is 402 g/mol. The van der Waals surface area contributed by atoms with Crippen molar-refractivity contribution >= 4 is 23.5 Å². The van der Waals surface area contributed by atoms with Crippen molar-refractivity contribution in [1.82, 2.24) is 4.90 Å². The van der Waals surface area contributed by atoms with Crippen LogP contribution in [0.2, 0.25) is 0 Å². The van der Waals surface area contributed by atoms with E-state index in [1.165, 1.54) is 0 Å². The van der Waals surface area contributed by atoms with Crippen LogP contribution in [0.4, 0.5) is 5.69 Å². The van der Waals surface area contributed by atoms with Crippen LogP contribution in [0.1, 0.15) is 26.2 Å². The number of hydrogen-bond acceptors (Lipinski definition) is 6. The van der Waals surface area contributed by atoms with Gasteiger partial charge in [0.15, 0.2) is 11.5 Å². The predicted molar refractivity (Wildman–Crippen MR) is 104 cm³/mol. The van der Waals surface area contributed by atoms with Gasteiger partial charge in [0.25, 0.3) is 0 Å². The Bertz CT molecular complexity index is 802. The second-order valence-corrected chi connectivity index (χ2v) is 7.58. The summed E-state index contributed by atoms with van der Waals surface area (Å²) in [5.41, 5.74) is 0.718. The minimum Gasteiger partial charge on any atom is -0.486 e. The fourth-order valence-electron chi connectivity index (χ4n) is 4.18. The predicted octanol–water partition coefficient (Wildman–Crippen LogP) is 1.61. The lowest BCUT2D eigenvalue weighted by atomic mass is 9.95. The van der Waals surface area contributed by atoms with Gasteiger partial charge in [0.05, 0.1) is 18.4 Å². The number of piperidine rings is 1. The van der Waals surface area contributed by atoms with Crippen molar-refractivity contribution in [2.24, 2.45) is 11.8 Å². The van der Waals surface area contributed by atoms with Crippen molar-refractivity contribution in [1.29, 1.82) is 0 Å². The van der Waals surface area contributed by atoms with Gasteiger partial charge in [0, 0.05) is 37.8 Å². The van der Waals surface area contributed by atoms with E-state index < -0.39 is 0 Å². The highest BCUT2D eigenvalue weighted by Gasteiger charge is 2.39. The maximum Gasteiger partial charge on any atom is 0.309 e. The molecule has 1 aromatic carbocycles. The molecule has 0 spiro atoms. The summed E-state index contributed by atoms with van der Waals surface area (Å²) in [4.78, 5) is 40.8. The quantitative estimate of drug-likeness (QED) is 0.712. The minimum absolute atomic E-state index is 0.0132. The number of hydrogen-bond donors (Lipinski definition) is 0. The van der Waals surface area contributed by atoms with Gasteiger partial charge in [-0.2, -0.15) is 0 Å². The molecule has 1 aromatic rings. The van der Waals surface area contributed by atoms with Crippen molar-refractivity contribution in [3.8, 4) is 11.5 Å². The SMILES string of the molecule is CCOC(=O)C1CCN(C(=O)[C@H]2CC(=O)N(c3ccc4c(c3)OCCO4)C2)CC1. The Labute approximate surface area is 169 Å². The Hall–Kier alpha value is -2.77. The first-order valence-corrected chi connectivity index (χ1v) is 10.2. The molecule has 3 aliphatic heterocycles. The number of rotatable bonds is 4. The molecule has 2 amide bonds. The molecular weight excluding hydrogens is 376 g/mol. The number of esters is 1. The zero-order valence-corrected chi connectivity index (χ0v) is 16.6. The van der Waals surface area contributed by atoms with E-state index >= 15 is 0 Å². The first-order valence-electron chi connectivity index (χ1n) is 10.2. The number of fused-ring (bicyclic) bond motifs is 1. The van der Waals surface area contributed by atoms with Gasteiger partial charge in [-0.3, -0.25) is 14.4 Å². The van der Waals surface area contributed by atoms with Crippen LogP contribution in [0.15, 0.2) is 18.2 Å². The third-order valence-corrected chi connectivity index (χ3v) is 5.74. The van der Waals surface area contributed by atoms with Crippen LogP contribution in [-0.2, 0) is 19.1 Å². The highest BCUT2D eigenvalue weighted by atomic mass is 16.6. The number of ether oxygens (including phenoxy) is 3. The van der Waals surface area contributed by atoms with E-state index in [0.29, 0.717) is 63.8 Å². The molecular formula is C21H26N2O6. The van der Waals surface area contributed by atoms with E-state index in [-0.39, 0.29) is 36.0 Å². The molecule has 8 nitrogen and oxygen atoms in total. The van der Waals surface area contributed by atoms with Crippen LogP contribution in [0.25, 0.3) is 0 Å². The number of carbonyl (C=O) groups excluding carboxylic acids is 3. The molecule has 2 saturated heterocycles. The first-order chi connectivity index (χ1) is 14.1. The van der Waals surface area contributed by atoms with Crippen molar-refractivity contribution < 1.29 is 28.6 Å². The van der Waals surface area contributed by atoms with Gasteiger partial charge < -0.3 is 24.0 Å².